The Morgan fingerprint density at radius 1 is 1.50 bits per heavy atom. The predicted molar refractivity (Wildman–Crippen MR) is 65.9 cm³/mol. The van der Waals surface area contributed by atoms with Crippen LogP contribution in [0.3, 0.4) is 0 Å². The van der Waals surface area contributed by atoms with Gasteiger partial charge in [0.05, 0.1) is 11.0 Å². The summed E-state index contributed by atoms with van der Waals surface area (Å²) in [4.78, 5) is 13.4. The van der Waals surface area contributed by atoms with Gasteiger partial charge in [0.1, 0.15) is 0 Å². The molecule has 0 aliphatic carbocycles. The lowest BCUT2D eigenvalue weighted by Crippen LogP contribution is -2.34. The number of nitrogens with zero attached hydrogens (tertiary/aromatic N) is 1. The second-order valence-corrected chi connectivity index (χ2v) is 6.35. The second-order valence-electron chi connectivity index (χ2n) is 4.31. The average molecular weight is 272 g/mol. The molecule has 1 saturated heterocycles. The van der Waals surface area contributed by atoms with Gasteiger partial charge >= 0.3 is 0 Å². The van der Waals surface area contributed by atoms with Crippen LogP contribution in [0.25, 0.3) is 0 Å². The number of H-pyrrole nitrogens is 1. The van der Waals surface area contributed by atoms with Gasteiger partial charge in [-0.2, -0.15) is 4.31 Å². The number of hydrogen-bond donors (Lipinski definition) is 1. The Hall–Kier alpha value is -1.18. The van der Waals surface area contributed by atoms with E-state index in [1.54, 1.807) is 0 Å². The summed E-state index contributed by atoms with van der Waals surface area (Å²) in [5.41, 5.74) is -0.323. The number of likely N-dealkylation sites (N-methyl/N-ethyl adjacent to an activating group) is 1. The quantitative estimate of drug-likeness (QED) is 0.847. The summed E-state index contributed by atoms with van der Waals surface area (Å²) < 4.78 is 31.0. The molecule has 0 saturated carbocycles. The number of pyridine rings is 1. The molecule has 100 valence electrons. The molecule has 1 N–H and O–H groups in total. The van der Waals surface area contributed by atoms with Crippen LogP contribution in [-0.2, 0) is 14.8 Å². The third-order valence-corrected chi connectivity index (χ3v) is 4.77. The van der Waals surface area contributed by atoms with Gasteiger partial charge in [-0.25, -0.2) is 8.42 Å². The van der Waals surface area contributed by atoms with Crippen molar-refractivity contribution in [2.75, 3.05) is 20.2 Å². The smallest absolute Gasteiger partial charge is 0.247 e. The van der Waals surface area contributed by atoms with Gasteiger partial charge in [0.15, 0.2) is 0 Å². The summed E-state index contributed by atoms with van der Waals surface area (Å²) in [5.74, 6) is 0. The average Bonchev–Trinajstić information content (AvgIpc) is 2.82. The molecular weight excluding hydrogens is 256 g/mol. The van der Waals surface area contributed by atoms with E-state index in [1.165, 1.54) is 29.7 Å². The predicted octanol–water partition coefficient (Wildman–Crippen LogP) is 0.174. The standard InChI is InChI=1S/C11H16N2O4S/c1-13(8-9-3-2-6-17-9)18(15,16)10-4-5-11(14)12-7-10/h4-5,7,9H,2-3,6,8H2,1H3,(H,12,14). The van der Waals surface area contributed by atoms with Crippen LogP contribution < -0.4 is 5.56 Å². The molecule has 1 unspecified atom stereocenters. The first-order chi connectivity index (χ1) is 8.50. The molecule has 1 aromatic rings. The van der Waals surface area contributed by atoms with Gasteiger partial charge in [0, 0.05) is 32.5 Å². The minimum absolute atomic E-state index is 0.0347. The van der Waals surface area contributed by atoms with Crippen LogP contribution in [0.5, 0.6) is 0 Å². The van der Waals surface area contributed by atoms with Crippen LogP contribution in [0.15, 0.2) is 28.0 Å². The van der Waals surface area contributed by atoms with Crippen LogP contribution in [0.1, 0.15) is 12.8 Å². The summed E-state index contributed by atoms with van der Waals surface area (Å²) in [5, 5.41) is 0. The van der Waals surface area contributed by atoms with Crippen molar-refractivity contribution in [3.8, 4) is 0 Å². The van der Waals surface area contributed by atoms with E-state index in [1.807, 2.05) is 0 Å². The molecule has 0 amide bonds. The maximum Gasteiger partial charge on any atom is 0.247 e. The Balaban J connectivity index is 2.14. The molecule has 1 atom stereocenters. The molecule has 0 spiro atoms. The van der Waals surface area contributed by atoms with Crippen molar-refractivity contribution >= 4 is 10.0 Å². The van der Waals surface area contributed by atoms with Crippen molar-refractivity contribution in [1.29, 1.82) is 0 Å². The fourth-order valence-corrected chi connectivity index (χ4v) is 3.08. The highest BCUT2D eigenvalue weighted by molar-refractivity contribution is 7.89. The van der Waals surface area contributed by atoms with Gasteiger partial charge in [-0.15, -0.1) is 0 Å². The topological polar surface area (TPSA) is 79.5 Å². The number of hydrogen-bond acceptors (Lipinski definition) is 4. The van der Waals surface area contributed by atoms with Gasteiger partial charge in [-0.05, 0) is 18.9 Å². The van der Waals surface area contributed by atoms with Crippen LogP contribution in [0.4, 0.5) is 0 Å². The zero-order valence-electron chi connectivity index (χ0n) is 10.1. The Kier molecular flexibility index (Phi) is 3.84. The van der Waals surface area contributed by atoms with Crippen molar-refractivity contribution in [2.24, 2.45) is 0 Å². The highest BCUT2D eigenvalue weighted by Crippen LogP contribution is 2.17. The molecule has 0 bridgehead atoms. The van der Waals surface area contributed by atoms with Crippen molar-refractivity contribution in [3.63, 3.8) is 0 Å². The molecule has 1 aromatic heterocycles. The molecule has 1 fully saturated rings. The van der Waals surface area contributed by atoms with Crippen LogP contribution >= 0.6 is 0 Å². The van der Waals surface area contributed by atoms with E-state index in [9.17, 15) is 13.2 Å². The number of aromatic nitrogens is 1. The van der Waals surface area contributed by atoms with Gasteiger partial charge in [0.2, 0.25) is 15.6 Å². The van der Waals surface area contributed by atoms with Crippen molar-refractivity contribution < 1.29 is 13.2 Å². The van der Waals surface area contributed by atoms with E-state index in [-0.39, 0.29) is 16.6 Å². The van der Waals surface area contributed by atoms with Gasteiger partial charge < -0.3 is 9.72 Å². The first-order valence-corrected chi connectivity index (χ1v) is 7.21. The van der Waals surface area contributed by atoms with Crippen molar-refractivity contribution in [2.45, 2.75) is 23.8 Å². The number of ether oxygens (including phenoxy) is 1. The van der Waals surface area contributed by atoms with E-state index in [0.29, 0.717) is 13.2 Å². The Morgan fingerprint density at radius 3 is 2.83 bits per heavy atom. The molecule has 6 nitrogen and oxygen atoms in total. The first-order valence-electron chi connectivity index (χ1n) is 5.77. The minimum Gasteiger partial charge on any atom is -0.377 e. The third-order valence-electron chi connectivity index (χ3n) is 2.95. The van der Waals surface area contributed by atoms with Crippen molar-refractivity contribution in [1.82, 2.24) is 9.29 Å². The lowest BCUT2D eigenvalue weighted by molar-refractivity contribution is 0.0979. The van der Waals surface area contributed by atoms with Gasteiger partial charge in [-0.1, -0.05) is 0 Å². The van der Waals surface area contributed by atoms with Crippen LogP contribution in [-0.4, -0.2) is 44.0 Å². The zero-order valence-corrected chi connectivity index (χ0v) is 10.9. The number of nitrogens with one attached hydrogen (secondary N) is 1. The van der Waals surface area contributed by atoms with Gasteiger partial charge in [-0.3, -0.25) is 4.79 Å². The lowest BCUT2D eigenvalue weighted by atomic mass is 10.2. The summed E-state index contributed by atoms with van der Waals surface area (Å²) in [6, 6.07) is 2.51. The van der Waals surface area contributed by atoms with Gasteiger partial charge in [0.25, 0.3) is 0 Å². The number of sulfonamides is 1. The molecule has 2 rings (SSSR count). The second kappa shape index (κ2) is 5.21. The Bertz CT molecular complexity index is 540. The summed E-state index contributed by atoms with van der Waals surface area (Å²) >= 11 is 0. The normalized spacial score (nSPS) is 20.4. The molecule has 7 heteroatoms. The van der Waals surface area contributed by atoms with Crippen molar-refractivity contribution in [3.05, 3.63) is 28.7 Å². The molecule has 18 heavy (non-hydrogen) atoms. The first kappa shape index (κ1) is 13.3. The minimum atomic E-state index is -3.56. The summed E-state index contributed by atoms with van der Waals surface area (Å²) in [7, 11) is -2.04. The molecule has 1 aliphatic heterocycles. The molecule has 0 radical (unpaired) electrons. The highest BCUT2D eigenvalue weighted by atomic mass is 32.2. The highest BCUT2D eigenvalue weighted by Gasteiger charge is 2.25. The zero-order chi connectivity index (χ0) is 13.2. The van der Waals surface area contributed by atoms with E-state index in [4.69, 9.17) is 4.74 Å². The molecule has 0 aromatic carbocycles. The molecule has 1 aliphatic rings. The molecule has 2 heterocycles. The Labute approximate surface area is 106 Å². The summed E-state index contributed by atoms with van der Waals surface area (Å²) in [6.45, 7) is 1.03. The maximum atomic E-state index is 12.2. The van der Waals surface area contributed by atoms with E-state index in [0.717, 1.165) is 12.8 Å². The number of rotatable bonds is 4. The monoisotopic (exact) mass is 272 g/mol. The Morgan fingerprint density at radius 2 is 2.28 bits per heavy atom. The van der Waals surface area contributed by atoms with Crippen LogP contribution in [0, 0.1) is 0 Å². The third kappa shape index (κ3) is 2.80. The maximum absolute atomic E-state index is 12.2. The number of aromatic amines is 1. The molecular formula is C11H16N2O4S. The van der Waals surface area contributed by atoms with E-state index < -0.39 is 10.0 Å². The van der Waals surface area contributed by atoms with E-state index in [2.05, 4.69) is 4.98 Å². The largest absolute Gasteiger partial charge is 0.377 e. The van der Waals surface area contributed by atoms with Crippen LogP contribution in [0.2, 0.25) is 0 Å². The fourth-order valence-electron chi connectivity index (χ4n) is 1.91. The van der Waals surface area contributed by atoms with E-state index >= 15 is 0 Å². The SMILES string of the molecule is CN(CC1CCCO1)S(=O)(=O)c1ccc(=O)[nH]c1. The fraction of sp³-hybridized carbons (Fsp3) is 0.545. The summed E-state index contributed by atoms with van der Waals surface area (Å²) in [6.07, 6.45) is 3.03. The lowest BCUT2D eigenvalue weighted by Gasteiger charge is -2.20.